The van der Waals surface area contributed by atoms with Gasteiger partial charge in [0.1, 0.15) is 0 Å². The normalized spacial score (nSPS) is 11.3. The molecule has 0 unspecified atom stereocenters. The molecule has 0 spiro atoms. The Hall–Kier alpha value is 0.220. The molecule has 1 heteroatoms. The molecule has 0 aromatic carbocycles. The van der Waals surface area contributed by atoms with Crippen molar-refractivity contribution in [2.75, 3.05) is 0 Å². The van der Waals surface area contributed by atoms with E-state index in [2.05, 4.69) is 35.9 Å². The van der Waals surface area contributed by atoms with E-state index in [-0.39, 0.29) is 0 Å². The van der Waals surface area contributed by atoms with Gasteiger partial charge in [0, 0.05) is 0 Å². The first-order chi connectivity index (χ1) is 2.77. The maximum absolute atomic E-state index is 3.17. The van der Waals surface area contributed by atoms with E-state index >= 15 is 0 Å². The molecule has 0 bridgehead atoms. The summed E-state index contributed by atoms with van der Waals surface area (Å²) in [6, 6.07) is 0. The molecule has 0 aliphatic heterocycles. The Kier molecular flexibility index (Phi) is 3.54. The van der Waals surface area contributed by atoms with Crippen LogP contribution >= 0.6 is 15.9 Å². The molecule has 6 heavy (non-hydrogen) atoms. The van der Waals surface area contributed by atoms with Crippen LogP contribution in [0.2, 0.25) is 0 Å². The molecule has 0 saturated heterocycles. The van der Waals surface area contributed by atoms with Gasteiger partial charge in [-0.1, -0.05) is 35.9 Å². The third kappa shape index (κ3) is 4.22. The van der Waals surface area contributed by atoms with Crippen LogP contribution in [-0.2, 0) is 0 Å². The van der Waals surface area contributed by atoms with Crippen molar-refractivity contribution < 1.29 is 0 Å². The van der Waals surface area contributed by atoms with Crippen molar-refractivity contribution in [3.63, 3.8) is 0 Å². The van der Waals surface area contributed by atoms with E-state index in [1.54, 1.807) is 0 Å². The highest BCUT2D eigenvalue weighted by atomic mass is 79.9. The van der Waals surface area contributed by atoms with Gasteiger partial charge in [-0.05, 0) is 10.9 Å². The Morgan fingerprint density at radius 2 is 2.00 bits per heavy atom. The summed E-state index contributed by atoms with van der Waals surface area (Å²) in [5.41, 5.74) is 0. The molecule has 0 radical (unpaired) electrons. The average Bonchev–Trinajstić information content (AvgIpc) is 1.35. The van der Waals surface area contributed by atoms with Crippen LogP contribution in [0.4, 0.5) is 0 Å². The summed E-state index contributed by atoms with van der Waals surface area (Å²) in [4.78, 5) is 1.89. The lowest BCUT2D eigenvalue weighted by Gasteiger charge is -1.86. The summed E-state index contributed by atoms with van der Waals surface area (Å²) in [5.74, 6) is 0.671. The molecule has 0 atom stereocenters. The maximum Gasteiger partial charge on any atom is -0.0226 e. The number of hydrogen-bond acceptors (Lipinski definition) is 0. The van der Waals surface area contributed by atoms with Gasteiger partial charge < -0.3 is 0 Å². The van der Waals surface area contributed by atoms with E-state index in [9.17, 15) is 0 Å². The maximum atomic E-state index is 3.17. The zero-order chi connectivity index (χ0) is 4.99. The van der Waals surface area contributed by atoms with Crippen LogP contribution in [-0.4, -0.2) is 0 Å². The minimum Gasteiger partial charge on any atom is -0.0750 e. The summed E-state index contributed by atoms with van der Waals surface area (Å²) >= 11 is 3.17. The summed E-state index contributed by atoms with van der Waals surface area (Å²) in [5, 5.41) is 0. The number of halogens is 1. The summed E-state index contributed by atoms with van der Waals surface area (Å²) < 4.78 is 0. The molecule has 0 aliphatic carbocycles. The first-order valence-corrected chi connectivity index (χ1v) is 2.96. The van der Waals surface area contributed by atoms with E-state index in [0.717, 1.165) is 0 Å². The van der Waals surface area contributed by atoms with E-state index in [1.807, 2.05) is 4.99 Å². The van der Waals surface area contributed by atoms with Gasteiger partial charge in [0.15, 0.2) is 0 Å². The Balaban J connectivity index is 3.03. The second kappa shape index (κ2) is 3.41. The van der Waals surface area contributed by atoms with E-state index < -0.39 is 0 Å². The first kappa shape index (κ1) is 6.22. The van der Waals surface area contributed by atoms with Gasteiger partial charge in [-0.25, -0.2) is 0 Å². The number of rotatable bonds is 1. The quantitative estimate of drug-likeness (QED) is 0.537. The number of allylic oxidation sites excluding steroid dienone is 1. The van der Waals surface area contributed by atoms with Crippen molar-refractivity contribution in [2.45, 2.75) is 13.8 Å². The lowest BCUT2D eigenvalue weighted by Crippen LogP contribution is -1.72. The Labute approximate surface area is 47.4 Å². The van der Waals surface area contributed by atoms with Gasteiger partial charge in [0.25, 0.3) is 0 Å². The van der Waals surface area contributed by atoms with Crippen LogP contribution in [0.5, 0.6) is 0 Å². The van der Waals surface area contributed by atoms with Gasteiger partial charge in [-0.2, -0.15) is 0 Å². The standard InChI is InChI=1S/C5H9Br/c1-5(2)3-4-6/h3-5H,1-2H3/b4-3-. The van der Waals surface area contributed by atoms with Crippen LogP contribution in [0.1, 0.15) is 13.8 Å². The van der Waals surface area contributed by atoms with Gasteiger partial charge >= 0.3 is 0 Å². The lowest BCUT2D eigenvalue weighted by molar-refractivity contribution is 0.834. The zero-order valence-corrected chi connectivity index (χ0v) is 5.70. The molecule has 0 nitrogen and oxygen atoms in total. The zero-order valence-electron chi connectivity index (χ0n) is 4.11. The molecule has 0 aliphatic rings. The summed E-state index contributed by atoms with van der Waals surface area (Å²) in [7, 11) is 0. The molecule has 0 heterocycles. The van der Waals surface area contributed by atoms with Crippen LogP contribution in [0.25, 0.3) is 0 Å². The highest BCUT2D eigenvalue weighted by Crippen LogP contribution is 1.94. The van der Waals surface area contributed by atoms with Crippen molar-refractivity contribution in [3.8, 4) is 0 Å². The minimum absolute atomic E-state index is 0.671. The molecule has 0 rings (SSSR count). The van der Waals surface area contributed by atoms with Gasteiger partial charge in [-0.15, -0.1) is 0 Å². The predicted molar refractivity (Wildman–Crippen MR) is 32.9 cm³/mol. The second-order valence-electron chi connectivity index (χ2n) is 1.56. The van der Waals surface area contributed by atoms with Gasteiger partial charge in [0.2, 0.25) is 0 Å². The third-order valence-corrected chi connectivity index (χ3v) is 0.763. The number of hydrogen-bond donors (Lipinski definition) is 0. The van der Waals surface area contributed by atoms with E-state index in [4.69, 9.17) is 0 Å². The highest BCUT2D eigenvalue weighted by Gasteiger charge is 1.77. The average molecular weight is 149 g/mol. The molecular weight excluding hydrogens is 140 g/mol. The Morgan fingerprint density at radius 1 is 1.50 bits per heavy atom. The first-order valence-electron chi connectivity index (χ1n) is 2.04. The van der Waals surface area contributed by atoms with Crippen molar-refractivity contribution in [2.24, 2.45) is 5.92 Å². The smallest absolute Gasteiger partial charge is 0.0226 e. The third-order valence-electron chi connectivity index (χ3n) is 0.458. The molecule has 0 amide bonds. The van der Waals surface area contributed by atoms with Crippen molar-refractivity contribution in [3.05, 3.63) is 11.1 Å². The largest absolute Gasteiger partial charge is 0.0750 e. The molecule has 0 N–H and O–H groups in total. The van der Waals surface area contributed by atoms with E-state index in [1.165, 1.54) is 0 Å². The molecule has 36 valence electrons. The second-order valence-corrected chi connectivity index (χ2v) is 2.09. The SMILES string of the molecule is CC(C)/C=C\Br. The lowest BCUT2D eigenvalue weighted by atomic mass is 10.2. The van der Waals surface area contributed by atoms with Crippen LogP contribution < -0.4 is 0 Å². The van der Waals surface area contributed by atoms with Crippen molar-refractivity contribution in [1.29, 1.82) is 0 Å². The molecule has 0 aromatic rings. The predicted octanol–water partition coefficient (Wildman–Crippen LogP) is 2.55. The van der Waals surface area contributed by atoms with Crippen molar-refractivity contribution >= 4 is 15.9 Å². The fourth-order valence-electron chi connectivity index (χ4n) is 0.145. The Morgan fingerprint density at radius 3 is 2.00 bits per heavy atom. The van der Waals surface area contributed by atoms with Crippen LogP contribution in [0.15, 0.2) is 11.1 Å². The summed E-state index contributed by atoms with van der Waals surface area (Å²) in [6.45, 7) is 4.27. The molecule has 0 aromatic heterocycles. The highest BCUT2D eigenvalue weighted by molar-refractivity contribution is 9.11. The molecule has 0 saturated carbocycles. The topological polar surface area (TPSA) is 0 Å². The van der Waals surface area contributed by atoms with E-state index in [0.29, 0.717) is 5.92 Å². The fraction of sp³-hybridized carbons (Fsp3) is 0.600. The van der Waals surface area contributed by atoms with Gasteiger partial charge in [-0.3, -0.25) is 0 Å². The fourth-order valence-corrected chi connectivity index (χ4v) is 0.756. The van der Waals surface area contributed by atoms with Gasteiger partial charge in [0.05, 0.1) is 0 Å². The van der Waals surface area contributed by atoms with Crippen molar-refractivity contribution in [1.82, 2.24) is 0 Å². The minimum atomic E-state index is 0.671. The van der Waals surface area contributed by atoms with Crippen LogP contribution in [0, 0.1) is 5.92 Å². The summed E-state index contributed by atoms with van der Waals surface area (Å²) in [6.07, 6.45) is 2.08. The Bertz CT molecular complexity index is 45.9. The molecular formula is C5H9Br. The van der Waals surface area contributed by atoms with Crippen LogP contribution in [0.3, 0.4) is 0 Å². The molecule has 0 fully saturated rings. The monoisotopic (exact) mass is 148 g/mol.